The molecule has 3 heteroatoms. The Labute approximate surface area is 124 Å². The molecule has 1 N–H and O–H groups in total. The van der Waals surface area contributed by atoms with Crippen molar-refractivity contribution in [2.45, 2.75) is 19.9 Å². The third-order valence-electron chi connectivity index (χ3n) is 2.92. The smallest absolute Gasteiger partial charge is 0.0669 e. The quantitative estimate of drug-likeness (QED) is 0.915. The second-order valence-electron chi connectivity index (χ2n) is 4.32. The first-order valence-corrected chi connectivity index (χ1v) is 6.04. The van der Waals surface area contributed by atoms with Crippen LogP contribution in [0.25, 0.3) is 0 Å². The molecule has 0 heterocycles. The van der Waals surface area contributed by atoms with E-state index in [1.165, 1.54) is 11.1 Å². The summed E-state index contributed by atoms with van der Waals surface area (Å²) in [4.78, 5) is 0. The lowest BCUT2D eigenvalue weighted by molar-refractivity contribution is 1.09. The number of nitrogens with one attached hydrogen (secondary N) is 1. The van der Waals surface area contributed by atoms with Crippen molar-refractivity contribution in [1.29, 1.82) is 5.26 Å². The Morgan fingerprint density at radius 1 is 1.00 bits per heavy atom. The Morgan fingerprint density at radius 3 is 2.26 bits per heavy atom. The van der Waals surface area contributed by atoms with E-state index in [1.807, 2.05) is 18.2 Å². The molecule has 0 amide bonds. The van der Waals surface area contributed by atoms with E-state index in [9.17, 15) is 0 Å². The largest absolute Gasteiger partial charge is 0.381 e. The van der Waals surface area contributed by atoms with Crippen molar-refractivity contribution in [3.05, 3.63) is 65.2 Å². The molecule has 0 saturated heterocycles. The summed E-state index contributed by atoms with van der Waals surface area (Å²) >= 11 is 0. The molecular formula is C16H17BrN2. The van der Waals surface area contributed by atoms with Gasteiger partial charge in [-0.05, 0) is 30.2 Å². The summed E-state index contributed by atoms with van der Waals surface area (Å²) in [5.41, 5.74) is 4.64. The van der Waals surface area contributed by atoms with Crippen LogP contribution < -0.4 is 5.32 Å². The summed E-state index contributed by atoms with van der Waals surface area (Å²) in [7, 11) is 0. The molecule has 0 fully saturated rings. The van der Waals surface area contributed by atoms with Crippen molar-refractivity contribution in [3.63, 3.8) is 0 Å². The zero-order chi connectivity index (χ0) is 12.8. The van der Waals surface area contributed by atoms with Gasteiger partial charge in [0, 0.05) is 12.2 Å². The first-order valence-electron chi connectivity index (χ1n) is 6.04. The third kappa shape index (κ3) is 4.42. The number of halogens is 1. The van der Waals surface area contributed by atoms with Gasteiger partial charge in [0.25, 0.3) is 0 Å². The fourth-order valence-corrected chi connectivity index (χ4v) is 1.86. The summed E-state index contributed by atoms with van der Waals surface area (Å²) in [5, 5.41) is 12.2. The molecular weight excluding hydrogens is 300 g/mol. The van der Waals surface area contributed by atoms with Crippen LogP contribution in [0, 0.1) is 18.3 Å². The van der Waals surface area contributed by atoms with E-state index in [1.54, 1.807) is 0 Å². The van der Waals surface area contributed by atoms with E-state index in [-0.39, 0.29) is 17.0 Å². The third-order valence-corrected chi connectivity index (χ3v) is 2.92. The molecule has 0 aromatic heterocycles. The molecule has 0 spiro atoms. The Balaban J connectivity index is 0.00000180. The number of hydrogen-bond donors (Lipinski definition) is 1. The predicted octanol–water partition coefficient (Wildman–Crippen LogP) is 4.25. The molecule has 2 aromatic carbocycles. The first-order chi connectivity index (χ1) is 8.79. The van der Waals surface area contributed by atoms with E-state index in [4.69, 9.17) is 5.26 Å². The molecule has 0 aliphatic carbocycles. The van der Waals surface area contributed by atoms with Crippen LogP contribution in [0.1, 0.15) is 16.7 Å². The summed E-state index contributed by atoms with van der Waals surface area (Å²) in [6, 6.07) is 18.6. The molecule has 0 unspecified atom stereocenters. The van der Waals surface area contributed by atoms with Gasteiger partial charge in [0.1, 0.15) is 0 Å². The SMILES string of the molecule is Br.Cc1ccc(NCc2ccccc2CC#N)cc1. The lowest BCUT2D eigenvalue weighted by Crippen LogP contribution is -2.02. The highest BCUT2D eigenvalue weighted by Gasteiger charge is 2.00. The fraction of sp³-hybridized carbons (Fsp3) is 0.188. The molecule has 0 saturated carbocycles. The summed E-state index contributed by atoms with van der Waals surface area (Å²) in [5.74, 6) is 0. The van der Waals surface area contributed by atoms with Crippen molar-refractivity contribution < 1.29 is 0 Å². The molecule has 2 nitrogen and oxygen atoms in total. The number of hydrogen-bond acceptors (Lipinski definition) is 2. The lowest BCUT2D eigenvalue weighted by atomic mass is 10.1. The van der Waals surface area contributed by atoms with Gasteiger partial charge in [-0.15, -0.1) is 17.0 Å². The number of aryl methyl sites for hydroxylation is 1. The van der Waals surface area contributed by atoms with Crippen molar-refractivity contribution in [3.8, 4) is 6.07 Å². The summed E-state index contributed by atoms with van der Waals surface area (Å²) in [6.45, 7) is 2.83. The van der Waals surface area contributed by atoms with Crippen LogP contribution in [-0.4, -0.2) is 0 Å². The lowest BCUT2D eigenvalue weighted by Gasteiger charge is -2.09. The van der Waals surface area contributed by atoms with Gasteiger partial charge in [0.05, 0.1) is 12.5 Å². The van der Waals surface area contributed by atoms with Gasteiger partial charge in [-0.25, -0.2) is 0 Å². The van der Waals surface area contributed by atoms with Crippen LogP contribution in [0.3, 0.4) is 0 Å². The van der Waals surface area contributed by atoms with Gasteiger partial charge >= 0.3 is 0 Å². The van der Waals surface area contributed by atoms with Crippen LogP contribution in [0.2, 0.25) is 0 Å². The molecule has 0 atom stereocenters. The Morgan fingerprint density at radius 2 is 1.63 bits per heavy atom. The molecule has 2 rings (SSSR count). The molecule has 2 aromatic rings. The van der Waals surface area contributed by atoms with Crippen LogP contribution >= 0.6 is 17.0 Å². The maximum absolute atomic E-state index is 8.79. The van der Waals surface area contributed by atoms with Gasteiger partial charge < -0.3 is 5.32 Å². The number of rotatable bonds is 4. The van der Waals surface area contributed by atoms with Crippen molar-refractivity contribution in [1.82, 2.24) is 0 Å². The number of anilines is 1. The van der Waals surface area contributed by atoms with E-state index in [2.05, 4.69) is 48.6 Å². The first kappa shape index (κ1) is 15.3. The molecule has 0 aliphatic heterocycles. The highest BCUT2D eigenvalue weighted by molar-refractivity contribution is 8.93. The van der Waals surface area contributed by atoms with Crippen LogP contribution in [-0.2, 0) is 13.0 Å². The minimum absolute atomic E-state index is 0. The van der Waals surface area contributed by atoms with Crippen LogP contribution in [0.4, 0.5) is 5.69 Å². The minimum Gasteiger partial charge on any atom is -0.381 e. The van der Waals surface area contributed by atoms with E-state index < -0.39 is 0 Å². The fourth-order valence-electron chi connectivity index (χ4n) is 1.86. The normalized spacial score (nSPS) is 9.26. The predicted molar refractivity (Wildman–Crippen MR) is 84.6 cm³/mol. The Hall–Kier alpha value is -1.79. The van der Waals surface area contributed by atoms with E-state index in [0.29, 0.717) is 6.42 Å². The Bertz CT molecular complexity index is 556. The Kier molecular flexibility index (Phi) is 6.11. The highest BCUT2D eigenvalue weighted by atomic mass is 79.9. The number of nitrogens with zero attached hydrogens (tertiary/aromatic N) is 1. The molecule has 0 aliphatic rings. The minimum atomic E-state index is 0. The average molecular weight is 317 g/mol. The van der Waals surface area contributed by atoms with Crippen LogP contribution in [0.15, 0.2) is 48.5 Å². The van der Waals surface area contributed by atoms with E-state index in [0.717, 1.165) is 17.8 Å². The number of benzene rings is 2. The molecule has 98 valence electrons. The van der Waals surface area contributed by atoms with Gasteiger partial charge in [0.15, 0.2) is 0 Å². The van der Waals surface area contributed by atoms with Gasteiger partial charge in [0.2, 0.25) is 0 Å². The second-order valence-corrected chi connectivity index (χ2v) is 4.32. The van der Waals surface area contributed by atoms with E-state index >= 15 is 0 Å². The summed E-state index contributed by atoms with van der Waals surface area (Å²) < 4.78 is 0. The van der Waals surface area contributed by atoms with Gasteiger partial charge in [-0.3, -0.25) is 0 Å². The average Bonchev–Trinajstić information content (AvgIpc) is 2.40. The maximum Gasteiger partial charge on any atom is 0.0669 e. The zero-order valence-electron chi connectivity index (χ0n) is 10.9. The van der Waals surface area contributed by atoms with Crippen molar-refractivity contribution in [2.24, 2.45) is 0 Å². The highest BCUT2D eigenvalue weighted by Crippen LogP contribution is 2.13. The molecule has 0 bridgehead atoms. The zero-order valence-corrected chi connectivity index (χ0v) is 12.6. The monoisotopic (exact) mass is 316 g/mol. The van der Waals surface area contributed by atoms with Crippen LogP contribution in [0.5, 0.6) is 0 Å². The topological polar surface area (TPSA) is 35.8 Å². The van der Waals surface area contributed by atoms with Gasteiger partial charge in [-0.1, -0.05) is 42.0 Å². The van der Waals surface area contributed by atoms with Gasteiger partial charge in [-0.2, -0.15) is 5.26 Å². The number of nitriles is 1. The summed E-state index contributed by atoms with van der Waals surface area (Å²) in [6.07, 6.45) is 0.464. The maximum atomic E-state index is 8.79. The van der Waals surface area contributed by atoms with Crippen molar-refractivity contribution >= 4 is 22.7 Å². The molecule has 0 radical (unpaired) electrons. The molecule has 19 heavy (non-hydrogen) atoms. The van der Waals surface area contributed by atoms with Crippen molar-refractivity contribution in [2.75, 3.05) is 5.32 Å². The second kappa shape index (κ2) is 7.60. The standard InChI is InChI=1S/C16H16N2.BrH/c1-13-6-8-16(9-7-13)18-12-15-5-3-2-4-14(15)10-11-17;/h2-9,18H,10,12H2,1H3;1H.